The van der Waals surface area contributed by atoms with E-state index in [9.17, 15) is 8.78 Å². The second-order valence-corrected chi connectivity index (χ2v) is 2.17. The lowest BCUT2D eigenvalue weighted by atomic mass is 10.1. The van der Waals surface area contributed by atoms with E-state index >= 15 is 0 Å². The number of hydrogen-bond donors (Lipinski definition) is 0. The number of hydrogen-bond acceptors (Lipinski definition) is 1. The molecule has 0 aromatic heterocycles. The summed E-state index contributed by atoms with van der Waals surface area (Å²) in [5.74, 6) is -2.04. The van der Waals surface area contributed by atoms with Gasteiger partial charge in [-0.05, 0) is 18.6 Å². The first-order valence-electron chi connectivity index (χ1n) is 3.01. The Labute approximate surface area is 62.9 Å². The van der Waals surface area contributed by atoms with Crippen LogP contribution >= 0.6 is 0 Å². The molecule has 0 heterocycles. The van der Waals surface area contributed by atoms with Gasteiger partial charge in [0.1, 0.15) is 6.07 Å². The Morgan fingerprint density at radius 1 is 1.36 bits per heavy atom. The van der Waals surface area contributed by atoms with Crippen molar-refractivity contribution in [1.29, 1.82) is 5.26 Å². The standard InChI is InChI=1S/C8H5F2N/c1-5-2-3-7(9)8(10)6(5)4-11/h2-3H,1H3. The summed E-state index contributed by atoms with van der Waals surface area (Å²) < 4.78 is 25.1. The van der Waals surface area contributed by atoms with E-state index in [2.05, 4.69) is 0 Å². The normalized spacial score (nSPS) is 9.27. The fraction of sp³-hybridized carbons (Fsp3) is 0.125. The predicted molar refractivity (Wildman–Crippen MR) is 35.8 cm³/mol. The maximum atomic E-state index is 12.7. The fourth-order valence-corrected chi connectivity index (χ4v) is 0.784. The summed E-state index contributed by atoms with van der Waals surface area (Å²) in [4.78, 5) is 0. The molecule has 1 aromatic rings. The lowest BCUT2D eigenvalue weighted by molar-refractivity contribution is 0.505. The van der Waals surface area contributed by atoms with Crippen LogP contribution < -0.4 is 0 Å². The molecule has 0 aliphatic carbocycles. The molecule has 0 atom stereocenters. The maximum absolute atomic E-state index is 12.7. The minimum atomic E-state index is -1.06. The lowest BCUT2D eigenvalue weighted by Crippen LogP contribution is -1.92. The number of rotatable bonds is 0. The van der Waals surface area contributed by atoms with Crippen LogP contribution in [0.15, 0.2) is 12.1 Å². The van der Waals surface area contributed by atoms with Crippen molar-refractivity contribution >= 4 is 0 Å². The van der Waals surface area contributed by atoms with Gasteiger partial charge in [0.15, 0.2) is 11.6 Å². The monoisotopic (exact) mass is 153 g/mol. The Morgan fingerprint density at radius 3 is 2.45 bits per heavy atom. The molecule has 56 valence electrons. The van der Waals surface area contributed by atoms with Crippen LogP contribution in [-0.4, -0.2) is 0 Å². The van der Waals surface area contributed by atoms with Crippen molar-refractivity contribution in [3.63, 3.8) is 0 Å². The minimum absolute atomic E-state index is 0.218. The molecule has 11 heavy (non-hydrogen) atoms. The highest BCUT2D eigenvalue weighted by Gasteiger charge is 2.09. The third kappa shape index (κ3) is 1.20. The molecule has 0 radical (unpaired) electrons. The molecule has 0 unspecified atom stereocenters. The zero-order valence-electron chi connectivity index (χ0n) is 5.86. The molecule has 1 rings (SSSR count). The van der Waals surface area contributed by atoms with Gasteiger partial charge in [-0.15, -0.1) is 0 Å². The third-order valence-electron chi connectivity index (χ3n) is 1.41. The summed E-state index contributed by atoms with van der Waals surface area (Å²) in [5, 5.41) is 8.37. The van der Waals surface area contributed by atoms with E-state index in [1.807, 2.05) is 0 Å². The van der Waals surface area contributed by atoms with E-state index in [1.54, 1.807) is 13.0 Å². The smallest absolute Gasteiger partial charge is 0.176 e. The van der Waals surface area contributed by atoms with Crippen LogP contribution in [0.5, 0.6) is 0 Å². The Balaban J connectivity index is 3.44. The number of halogens is 2. The van der Waals surface area contributed by atoms with Crippen LogP contribution in [0.3, 0.4) is 0 Å². The van der Waals surface area contributed by atoms with E-state index in [1.165, 1.54) is 6.07 Å². The molecule has 0 saturated carbocycles. The van der Waals surface area contributed by atoms with Crippen molar-refractivity contribution in [1.82, 2.24) is 0 Å². The first-order chi connectivity index (χ1) is 5.16. The van der Waals surface area contributed by atoms with Crippen LogP contribution in [0.2, 0.25) is 0 Å². The van der Waals surface area contributed by atoms with Gasteiger partial charge in [-0.3, -0.25) is 0 Å². The average Bonchev–Trinajstić information content (AvgIpc) is 1.99. The van der Waals surface area contributed by atoms with Gasteiger partial charge in [0.25, 0.3) is 0 Å². The molecule has 1 nitrogen and oxygen atoms in total. The number of nitriles is 1. The molecule has 3 heteroatoms. The molecule has 0 aliphatic rings. The zero-order chi connectivity index (χ0) is 8.43. The van der Waals surface area contributed by atoms with Gasteiger partial charge in [0.2, 0.25) is 0 Å². The van der Waals surface area contributed by atoms with Crippen LogP contribution in [0.25, 0.3) is 0 Å². The SMILES string of the molecule is Cc1ccc(F)c(F)c1C#N. The summed E-state index contributed by atoms with van der Waals surface area (Å²) in [6.07, 6.45) is 0. The van der Waals surface area contributed by atoms with Crippen LogP contribution in [-0.2, 0) is 0 Å². The predicted octanol–water partition coefficient (Wildman–Crippen LogP) is 2.14. The highest BCUT2D eigenvalue weighted by Crippen LogP contribution is 2.14. The topological polar surface area (TPSA) is 23.8 Å². The highest BCUT2D eigenvalue weighted by atomic mass is 19.2. The molecule has 0 N–H and O–H groups in total. The summed E-state index contributed by atoms with van der Waals surface area (Å²) >= 11 is 0. The molecular weight excluding hydrogens is 148 g/mol. The second-order valence-electron chi connectivity index (χ2n) is 2.17. The Morgan fingerprint density at radius 2 is 2.00 bits per heavy atom. The van der Waals surface area contributed by atoms with Gasteiger partial charge in [-0.1, -0.05) is 6.07 Å². The summed E-state index contributed by atoms with van der Waals surface area (Å²) in [6, 6.07) is 3.97. The fourth-order valence-electron chi connectivity index (χ4n) is 0.784. The number of aryl methyl sites for hydroxylation is 1. The van der Waals surface area contributed by atoms with Gasteiger partial charge >= 0.3 is 0 Å². The van der Waals surface area contributed by atoms with E-state index in [0.717, 1.165) is 6.07 Å². The molecule has 0 amide bonds. The Bertz CT molecular complexity index is 326. The van der Waals surface area contributed by atoms with Crippen molar-refractivity contribution in [2.45, 2.75) is 6.92 Å². The van der Waals surface area contributed by atoms with Crippen molar-refractivity contribution in [2.75, 3.05) is 0 Å². The molecule has 0 saturated heterocycles. The molecular formula is C8H5F2N. The van der Waals surface area contributed by atoms with E-state index in [4.69, 9.17) is 5.26 Å². The lowest BCUT2D eigenvalue weighted by Gasteiger charge is -1.97. The zero-order valence-corrected chi connectivity index (χ0v) is 5.86. The Kier molecular flexibility index (Phi) is 1.86. The second kappa shape index (κ2) is 2.67. The average molecular weight is 153 g/mol. The van der Waals surface area contributed by atoms with Gasteiger partial charge in [0.05, 0.1) is 5.56 Å². The van der Waals surface area contributed by atoms with Crippen molar-refractivity contribution in [3.05, 3.63) is 34.9 Å². The van der Waals surface area contributed by atoms with Crippen LogP contribution in [0, 0.1) is 29.9 Å². The van der Waals surface area contributed by atoms with Gasteiger partial charge < -0.3 is 0 Å². The van der Waals surface area contributed by atoms with Crippen LogP contribution in [0.4, 0.5) is 8.78 Å². The first-order valence-corrected chi connectivity index (χ1v) is 3.01. The molecule has 0 spiro atoms. The molecule has 0 fully saturated rings. The number of benzene rings is 1. The van der Waals surface area contributed by atoms with Crippen molar-refractivity contribution in [2.24, 2.45) is 0 Å². The minimum Gasteiger partial charge on any atom is -0.204 e. The van der Waals surface area contributed by atoms with Gasteiger partial charge in [-0.25, -0.2) is 8.78 Å². The summed E-state index contributed by atoms with van der Waals surface area (Å²) in [5.41, 5.74) is 0.233. The number of nitrogens with zero attached hydrogens (tertiary/aromatic N) is 1. The quantitative estimate of drug-likeness (QED) is 0.560. The maximum Gasteiger partial charge on any atom is 0.176 e. The summed E-state index contributed by atoms with van der Waals surface area (Å²) in [7, 11) is 0. The van der Waals surface area contributed by atoms with Gasteiger partial charge in [-0.2, -0.15) is 5.26 Å². The van der Waals surface area contributed by atoms with E-state index in [0.29, 0.717) is 5.56 Å². The third-order valence-corrected chi connectivity index (χ3v) is 1.41. The molecule has 1 aromatic carbocycles. The Hall–Kier alpha value is -1.43. The van der Waals surface area contributed by atoms with Crippen molar-refractivity contribution in [3.8, 4) is 6.07 Å². The van der Waals surface area contributed by atoms with Crippen molar-refractivity contribution < 1.29 is 8.78 Å². The highest BCUT2D eigenvalue weighted by molar-refractivity contribution is 5.38. The summed E-state index contributed by atoms with van der Waals surface area (Å²) in [6.45, 7) is 1.56. The molecule has 0 aliphatic heterocycles. The van der Waals surface area contributed by atoms with Gasteiger partial charge in [0, 0.05) is 0 Å². The first kappa shape index (κ1) is 7.67. The molecule has 0 bridgehead atoms. The van der Waals surface area contributed by atoms with E-state index in [-0.39, 0.29) is 5.56 Å². The van der Waals surface area contributed by atoms with E-state index < -0.39 is 11.6 Å². The largest absolute Gasteiger partial charge is 0.204 e. The van der Waals surface area contributed by atoms with Crippen LogP contribution in [0.1, 0.15) is 11.1 Å².